The van der Waals surface area contributed by atoms with E-state index in [1.807, 2.05) is 0 Å². The van der Waals surface area contributed by atoms with Gasteiger partial charge in [-0.05, 0) is 39.4 Å². The van der Waals surface area contributed by atoms with Crippen molar-refractivity contribution >= 4 is 0 Å². The first-order valence-electron chi connectivity index (χ1n) is 6.37. The van der Waals surface area contributed by atoms with Gasteiger partial charge in [-0.15, -0.1) is 0 Å². The fraction of sp³-hybridized carbons (Fsp3) is 1.00. The van der Waals surface area contributed by atoms with E-state index in [2.05, 4.69) is 58.9 Å². The number of rotatable bonds is 7. The van der Waals surface area contributed by atoms with Gasteiger partial charge in [-0.3, -0.25) is 0 Å². The molecule has 0 radical (unpaired) electrons. The molecule has 0 fully saturated rings. The van der Waals surface area contributed by atoms with Crippen molar-refractivity contribution in [2.24, 2.45) is 5.92 Å². The van der Waals surface area contributed by atoms with E-state index in [1.165, 1.54) is 12.8 Å². The van der Waals surface area contributed by atoms with Crippen molar-refractivity contribution in [3.8, 4) is 0 Å². The second-order valence-electron chi connectivity index (χ2n) is 4.98. The molecule has 0 aromatic carbocycles. The SMILES string of the molecule is CCNC(C(C)C)C(CC)(CC)N(C)C. The molecule has 0 bridgehead atoms. The van der Waals surface area contributed by atoms with Crippen molar-refractivity contribution in [2.75, 3.05) is 20.6 Å². The molecule has 92 valence electrons. The molecule has 1 atom stereocenters. The summed E-state index contributed by atoms with van der Waals surface area (Å²) in [5.74, 6) is 0.673. The van der Waals surface area contributed by atoms with Crippen molar-refractivity contribution in [3.05, 3.63) is 0 Å². The molecule has 0 aliphatic heterocycles. The average Bonchev–Trinajstić information content (AvgIpc) is 2.18. The summed E-state index contributed by atoms with van der Waals surface area (Å²) in [5.41, 5.74) is 0.296. The van der Waals surface area contributed by atoms with E-state index in [9.17, 15) is 0 Å². The topological polar surface area (TPSA) is 15.3 Å². The highest BCUT2D eigenvalue weighted by molar-refractivity contribution is 4.98. The summed E-state index contributed by atoms with van der Waals surface area (Å²) in [6.07, 6.45) is 2.40. The highest BCUT2D eigenvalue weighted by Crippen LogP contribution is 2.29. The minimum absolute atomic E-state index is 0.296. The van der Waals surface area contributed by atoms with Crippen molar-refractivity contribution in [1.29, 1.82) is 0 Å². The monoisotopic (exact) mass is 214 g/mol. The Morgan fingerprint density at radius 3 is 1.73 bits per heavy atom. The molecule has 1 unspecified atom stereocenters. The van der Waals surface area contributed by atoms with Crippen molar-refractivity contribution < 1.29 is 0 Å². The Morgan fingerprint density at radius 1 is 1.07 bits per heavy atom. The maximum Gasteiger partial charge on any atom is 0.0353 e. The van der Waals surface area contributed by atoms with Crippen molar-refractivity contribution in [3.63, 3.8) is 0 Å². The highest BCUT2D eigenvalue weighted by Gasteiger charge is 2.38. The quantitative estimate of drug-likeness (QED) is 0.701. The number of likely N-dealkylation sites (N-methyl/N-ethyl adjacent to an activating group) is 2. The number of hydrogen-bond acceptors (Lipinski definition) is 2. The first-order valence-corrected chi connectivity index (χ1v) is 6.37. The third kappa shape index (κ3) is 3.18. The van der Waals surface area contributed by atoms with E-state index in [4.69, 9.17) is 0 Å². The van der Waals surface area contributed by atoms with Gasteiger partial charge in [-0.2, -0.15) is 0 Å². The zero-order chi connectivity index (χ0) is 12.1. The molecule has 0 saturated heterocycles. The molecule has 0 saturated carbocycles. The molecule has 1 N–H and O–H groups in total. The lowest BCUT2D eigenvalue weighted by Gasteiger charge is -2.47. The van der Waals surface area contributed by atoms with E-state index in [-0.39, 0.29) is 0 Å². The molecule has 2 heteroatoms. The normalized spacial score (nSPS) is 15.0. The van der Waals surface area contributed by atoms with Gasteiger partial charge in [0.15, 0.2) is 0 Å². The molecule has 0 rings (SSSR count). The first kappa shape index (κ1) is 14.9. The van der Waals surface area contributed by atoms with Gasteiger partial charge >= 0.3 is 0 Å². The Balaban J connectivity index is 4.97. The van der Waals surface area contributed by atoms with E-state index in [0.717, 1.165) is 6.54 Å². The lowest BCUT2D eigenvalue weighted by Crippen LogP contribution is -2.60. The zero-order valence-electron chi connectivity index (χ0n) is 11.7. The molecule has 15 heavy (non-hydrogen) atoms. The van der Waals surface area contributed by atoms with Crippen LogP contribution in [0.15, 0.2) is 0 Å². The highest BCUT2D eigenvalue weighted by atomic mass is 15.2. The van der Waals surface area contributed by atoms with Gasteiger partial charge in [-0.1, -0.05) is 34.6 Å². The third-order valence-electron chi connectivity index (χ3n) is 3.78. The molecule has 0 aliphatic carbocycles. The summed E-state index contributed by atoms with van der Waals surface area (Å²) in [4.78, 5) is 2.40. The van der Waals surface area contributed by atoms with Crippen LogP contribution in [-0.4, -0.2) is 37.1 Å². The van der Waals surface area contributed by atoms with E-state index in [1.54, 1.807) is 0 Å². The van der Waals surface area contributed by atoms with Gasteiger partial charge in [0.2, 0.25) is 0 Å². The van der Waals surface area contributed by atoms with Crippen molar-refractivity contribution in [2.45, 2.75) is 59.0 Å². The first-order chi connectivity index (χ1) is 6.96. The molecule has 2 nitrogen and oxygen atoms in total. The summed E-state index contributed by atoms with van der Waals surface area (Å²) in [6, 6.07) is 0.576. The van der Waals surface area contributed by atoms with E-state index < -0.39 is 0 Å². The van der Waals surface area contributed by atoms with Crippen LogP contribution in [0.2, 0.25) is 0 Å². The standard InChI is InChI=1S/C13H30N2/c1-8-13(9-2,15(6)7)12(11(4)5)14-10-3/h11-12,14H,8-10H2,1-7H3. The van der Waals surface area contributed by atoms with Crippen LogP contribution in [-0.2, 0) is 0 Å². The number of hydrogen-bond donors (Lipinski definition) is 1. The Bertz CT molecular complexity index is 160. The maximum absolute atomic E-state index is 3.66. The van der Waals surface area contributed by atoms with Crippen LogP contribution in [0, 0.1) is 5.92 Å². The van der Waals surface area contributed by atoms with Gasteiger partial charge in [0.25, 0.3) is 0 Å². The summed E-state index contributed by atoms with van der Waals surface area (Å²) < 4.78 is 0. The van der Waals surface area contributed by atoms with E-state index in [0.29, 0.717) is 17.5 Å². The predicted octanol–water partition coefficient (Wildman–Crippen LogP) is 2.74. The molecular weight excluding hydrogens is 184 g/mol. The second-order valence-corrected chi connectivity index (χ2v) is 4.98. The van der Waals surface area contributed by atoms with Gasteiger partial charge in [0.05, 0.1) is 0 Å². The lowest BCUT2D eigenvalue weighted by molar-refractivity contribution is 0.0677. The fourth-order valence-corrected chi connectivity index (χ4v) is 2.87. The van der Waals surface area contributed by atoms with Crippen LogP contribution in [0.3, 0.4) is 0 Å². The van der Waals surface area contributed by atoms with Crippen LogP contribution in [0.1, 0.15) is 47.5 Å². The summed E-state index contributed by atoms with van der Waals surface area (Å²) >= 11 is 0. The minimum atomic E-state index is 0.296. The van der Waals surface area contributed by atoms with Gasteiger partial charge in [0, 0.05) is 11.6 Å². The molecular formula is C13H30N2. The van der Waals surface area contributed by atoms with Gasteiger partial charge in [-0.25, -0.2) is 0 Å². The molecule has 0 spiro atoms. The number of nitrogens with one attached hydrogen (secondary N) is 1. The van der Waals surface area contributed by atoms with Crippen LogP contribution < -0.4 is 5.32 Å². The third-order valence-corrected chi connectivity index (χ3v) is 3.78. The Labute approximate surface area is 96.4 Å². The van der Waals surface area contributed by atoms with Crippen LogP contribution in [0.25, 0.3) is 0 Å². The molecule has 0 aliphatic rings. The smallest absolute Gasteiger partial charge is 0.0353 e. The Hall–Kier alpha value is -0.0800. The van der Waals surface area contributed by atoms with Crippen LogP contribution in [0.4, 0.5) is 0 Å². The molecule has 0 amide bonds. The van der Waals surface area contributed by atoms with E-state index >= 15 is 0 Å². The average molecular weight is 214 g/mol. The molecule has 0 aromatic rings. The Morgan fingerprint density at radius 2 is 1.53 bits per heavy atom. The zero-order valence-corrected chi connectivity index (χ0v) is 11.7. The summed E-state index contributed by atoms with van der Waals surface area (Å²) in [6.45, 7) is 12.5. The van der Waals surface area contributed by atoms with Crippen LogP contribution >= 0.6 is 0 Å². The molecule has 0 aromatic heterocycles. The summed E-state index contributed by atoms with van der Waals surface area (Å²) in [7, 11) is 4.42. The van der Waals surface area contributed by atoms with Gasteiger partial charge in [0.1, 0.15) is 0 Å². The second kappa shape index (κ2) is 6.49. The van der Waals surface area contributed by atoms with Gasteiger partial charge < -0.3 is 10.2 Å². The van der Waals surface area contributed by atoms with Crippen LogP contribution in [0.5, 0.6) is 0 Å². The largest absolute Gasteiger partial charge is 0.312 e. The number of nitrogens with zero attached hydrogens (tertiary/aromatic N) is 1. The predicted molar refractivity (Wildman–Crippen MR) is 69.3 cm³/mol. The Kier molecular flexibility index (Phi) is 6.46. The minimum Gasteiger partial charge on any atom is -0.312 e. The maximum atomic E-state index is 3.66. The molecule has 0 heterocycles. The summed E-state index contributed by atoms with van der Waals surface area (Å²) in [5, 5.41) is 3.66. The van der Waals surface area contributed by atoms with Crippen molar-refractivity contribution in [1.82, 2.24) is 10.2 Å². The fourth-order valence-electron chi connectivity index (χ4n) is 2.87. The lowest BCUT2D eigenvalue weighted by atomic mass is 9.78.